The van der Waals surface area contributed by atoms with E-state index in [0.717, 1.165) is 0 Å². The maximum atomic E-state index is 11.7. The zero-order chi connectivity index (χ0) is 12.9. The molecule has 0 bridgehead atoms. The van der Waals surface area contributed by atoms with Crippen LogP contribution in [0.25, 0.3) is 0 Å². The Morgan fingerprint density at radius 3 is 2.71 bits per heavy atom. The number of rotatable bonds is 5. The summed E-state index contributed by atoms with van der Waals surface area (Å²) in [5, 5.41) is 0. The minimum Gasteiger partial charge on any atom is -0.462 e. The molecule has 0 unspecified atom stereocenters. The second kappa shape index (κ2) is 5.68. The maximum Gasteiger partial charge on any atom is 0.338 e. The smallest absolute Gasteiger partial charge is 0.338 e. The fourth-order valence-corrected chi connectivity index (χ4v) is 1.24. The summed E-state index contributed by atoms with van der Waals surface area (Å²) < 4.78 is 10.4. The number of carbonyl (C=O) groups excluding carboxylic acids is 1. The van der Waals surface area contributed by atoms with E-state index in [9.17, 15) is 4.79 Å². The van der Waals surface area contributed by atoms with Crippen LogP contribution in [0, 0.1) is 0 Å². The predicted octanol–water partition coefficient (Wildman–Crippen LogP) is 2.24. The first-order valence-electron chi connectivity index (χ1n) is 5.52. The highest BCUT2D eigenvalue weighted by Gasteiger charge is 2.17. The lowest BCUT2D eigenvalue weighted by atomic mass is 10.1. The third kappa shape index (κ3) is 4.44. The van der Waals surface area contributed by atoms with Crippen LogP contribution in [-0.2, 0) is 9.47 Å². The highest BCUT2D eigenvalue weighted by molar-refractivity contribution is 5.90. The first-order chi connectivity index (χ1) is 7.94. The van der Waals surface area contributed by atoms with Gasteiger partial charge in [0, 0.05) is 19.2 Å². The Kier molecular flexibility index (Phi) is 4.52. The monoisotopic (exact) mass is 237 g/mol. The molecule has 0 amide bonds. The van der Waals surface area contributed by atoms with Crippen molar-refractivity contribution in [3.8, 4) is 0 Å². The van der Waals surface area contributed by atoms with Crippen molar-refractivity contribution in [2.75, 3.05) is 19.5 Å². The molecule has 17 heavy (non-hydrogen) atoms. The normalized spacial score (nSPS) is 11.2. The zero-order valence-electron chi connectivity index (χ0n) is 10.5. The number of nitrogen functional groups attached to an aromatic ring is 1. The summed E-state index contributed by atoms with van der Waals surface area (Å²) in [6.07, 6.45) is 0.650. The molecule has 0 aromatic heterocycles. The number of esters is 1. The maximum absolute atomic E-state index is 11.7. The number of anilines is 1. The molecule has 4 heteroatoms. The van der Waals surface area contributed by atoms with Crippen molar-refractivity contribution < 1.29 is 14.3 Å². The average Bonchev–Trinajstić information content (AvgIpc) is 2.28. The van der Waals surface area contributed by atoms with Crippen LogP contribution < -0.4 is 5.73 Å². The van der Waals surface area contributed by atoms with Crippen molar-refractivity contribution in [3.05, 3.63) is 29.8 Å². The van der Waals surface area contributed by atoms with Crippen molar-refractivity contribution in [1.82, 2.24) is 0 Å². The van der Waals surface area contributed by atoms with E-state index in [1.807, 2.05) is 13.8 Å². The van der Waals surface area contributed by atoms with Gasteiger partial charge >= 0.3 is 5.97 Å². The molecule has 4 nitrogen and oxygen atoms in total. The van der Waals surface area contributed by atoms with Crippen molar-refractivity contribution in [3.63, 3.8) is 0 Å². The number of benzene rings is 1. The van der Waals surface area contributed by atoms with Crippen LogP contribution in [0.5, 0.6) is 0 Å². The van der Waals surface area contributed by atoms with E-state index >= 15 is 0 Å². The van der Waals surface area contributed by atoms with Gasteiger partial charge in [0.05, 0.1) is 17.8 Å². The van der Waals surface area contributed by atoms with E-state index in [-0.39, 0.29) is 11.6 Å². The average molecular weight is 237 g/mol. The topological polar surface area (TPSA) is 61.5 Å². The van der Waals surface area contributed by atoms with Gasteiger partial charge in [0.1, 0.15) is 0 Å². The molecule has 1 aromatic rings. The first-order valence-corrected chi connectivity index (χ1v) is 5.52. The molecule has 0 spiro atoms. The standard InChI is InChI=1S/C13H19NO3/c1-13(2,16-3)7-8-17-12(15)10-5-4-6-11(14)9-10/h4-6,9H,7-8,14H2,1-3H3. The van der Waals surface area contributed by atoms with Gasteiger partial charge in [0.2, 0.25) is 0 Å². The van der Waals surface area contributed by atoms with Crippen LogP contribution in [-0.4, -0.2) is 25.3 Å². The van der Waals surface area contributed by atoms with E-state index in [1.165, 1.54) is 0 Å². The van der Waals surface area contributed by atoms with E-state index in [4.69, 9.17) is 15.2 Å². The number of methoxy groups -OCH3 is 1. The quantitative estimate of drug-likeness (QED) is 0.630. The molecule has 0 saturated carbocycles. The molecule has 2 N–H and O–H groups in total. The Bertz CT molecular complexity index is 388. The summed E-state index contributed by atoms with van der Waals surface area (Å²) in [6, 6.07) is 6.74. The van der Waals surface area contributed by atoms with Gasteiger partial charge in [-0.1, -0.05) is 6.07 Å². The van der Waals surface area contributed by atoms with Crippen LogP contribution in [0.3, 0.4) is 0 Å². The number of carbonyl (C=O) groups is 1. The second-order valence-corrected chi connectivity index (χ2v) is 4.48. The molecule has 0 aliphatic carbocycles. The fraction of sp³-hybridized carbons (Fsp3) is 0.462. The van der Waals surface area contributed by atoms with Gasteiger partial charge in [0.25, 0.3) is 0 Å². The Morgan fingerprint density at radius 2 is 2.12 bits per heavy atom. The SMILES string of the molecule is COC(C)(C)CCOC(=O)c1cccc(N)c1. The van der Waals surface area contributed by atoms with Gasteiger partial charge in [0.15, 0.2) is 0 Å². The van der Waals surface area contributed by atoms with Crippen molar-refractivity contribution >= 4 is 11.7 Å². The predicted molar refractivity (Wildman–Crippen MR) is 66.8 cm³/mol. The van der Waals surface area contributed by atoms with Crippen LogP contribution in [0.4, 0.5) is 5.69 Å². The van der Waals surface area contributed by atoms with Crippen LogP contribution >= 0.6 is 0 Å². The van der Waals surface area contributed by atoms with Crippen LogP contribution in [0.1, 0.15) is 30.6 Å². The molecule has 0 saturated heterocycles. The van der Waals surface area contributed by atoms with Crippen molar-refractivity contribution in [1.29, 1.82) is 0 Å². The summed E-state index contributed by atoms with van der Waals surface area (Å²) in [4.78, 5) is 11.7. The summed E-state index contributed by atoms with van der Waals surface area (Å²) in [5.74, 6) is -0.357. The number of nitrogens with two attached hydrogens (primary N) is 1. The number of hydrogen-bond donors (Lipinski definition) is 1. The van der Waals surface area contributed by atoms with Gasteiger partial charge in [-0.15, -0.1) is 0 Å². The minimum absolute atomic E-state index is 0.282. The largest absolute Gasteiger partial charge is 0.462 e. The lowest BCUT2D eigenvalue weighted by molar-refractivity contribution is -0.00563. The van der Waals surface area contributed by atoms with Gasteiger partial charge in [-0.25, -0.2) is 4.79 Å². The fourth-order valence-electron chi connectivity index (χ4n) is 1.24. The Morgan fingerprint density at radius 1 is 1.41 bits per heavy atom. The van der Waals surface area contributed by atoms with Gasteiger partial charge < -0.3 is 15.2 Å². The van der Waals surface area contributed by atoms with E-state index < -0.39 is 0 Å². The molecular formula is C13H19NO3. The minimum atomic E-state index is -0.357. The molecule has 0 aliphatic heterocycles. The van der Waals surface area contributed by atoms with Crippen molar-refractivity contribution in [2.24, 2.45) is 0 Å². The molecule has 0 atom stereocenters. The summed E-state index contributed by atoms with van der Waals surface area (Å²) in [7, 11) is 1.64. The highest BCUT2D eigenvalue weighted by Crippen LogP contribution is 2.14. The van der Waals surface area contributed by atoms with Crippen LogP contribution in [0.2, 0.25) is 0 Å². The third-order valence-corrected chi connectivity index (χ3v) is 2.61. The highest BCUT2D eigenvalue weighted by atomic mass is 16.5. The first kappa shape index (κ1) is 13.5. The molecule has 0 heterocycles. The lowest BCUT2D eigenvalue weighted by Crippen LogP contribution is -2.25. The number of ether oxygens (including phenoxy) is 2. The van der Waals surface area contributed by atoms with Crippen molar-refractivity contribution in [2.45, 2.75) is 25.9 Å². The van der Waals surface area contributed by atoms with Gasteiger partial charge in [-0.3, -0.25) is 0 Å². The van der Waals surface area contributed by atoms with Gasteiger partial charge in [-0.2, -0.15) is 0 Å². The summed E-state index contributed by atoms with van der Waals surface area (Å²) in [5.41, 5.74) is 6.33. The molecule has 94 valence electrons. The summed E-state index contributed by atoms with van der Waals surface area (Å²) >= 11 is 0. The summed E-state index contributed by atoms with van der Waals surface area (Å²) in [6.45, 7) is 4.22. The van der Waals surface area contributed by atoms with Gasteiger partial charge in [-0.05, 0) is 32.0 Å². The third-order valence-electron chi connectivity index (χ3n) is 2.61. The molecular weight excluding hydrogens is 218 g/mol. The second-order valence-electron chi connectivity index (χ2n) is 4.48. The Labute approximate surface area is 102 Å². The Hall–Kier alpha value is -1.55. The van der Waals surface area contributed by atoms with E-state index in [1.54, 1.807) is 31.4 Å². The van der Waals surface area contributed by atoms with E-state index in [2.05, 4.69) is 0 Å². The molecule has 1 aromatic carbocycles. The molecule has 1 rings (SSSR count). The number of hydrogen-bond acceptors (Lipinski definition) is 4. The molecule has 0 fully saturated rings. The zero-order valence-corrected chi connectivity index (χ0v) is 10.5. The molecule has 0 aliphatic rings. The van der Waals surface area contributed by atoms with Crippen LogP contribution in [0.15, 0.2) is 24.3 Å². The Balaban J connectivity index is 2.46. The van der Waals surface area contributed by atoms with E-state index in [0.29, 0.717) is 24.3 Å². The molecule has 0 radical (unpaired) electrons. The lowest BCUT2D eigenvalue weighted by Gasteiger charge is -2.22.